The molecule has 17 heavy (non-hydrogen) atoms. The number of unbranched alkanes of at least 4 members (excludes halogenated alkanes) is 1. The molecule has 0 aromatic rings. The molecule has 0 aromatic heterocycles. The number of fused-ring (bicyclic) bond motifs is 4. The maximum Gasteiger partial charge on any atom is 0.0370 e. The average molecular weight is 234 g/mol. The van der Waals surface area contributed by atoms with Gasteiger partial charge in [0.05, 0.1) is 0 Å². The second kappa shape index (κ2) is 6.42. The fourth-order valence-corrected chi connectivity index (χ4v) is 3.22. The molecule has 3 fully saturated rings. The monoisotopic (exact) mass is 234 g/mol. The van der Waals surface area contributed by atoms with Crippen LogP contribution in [0, 0.1) is 17.8 Å². The summed E-state index contributed by atoms with van der Waals surface area (Å²) < 4.78 is 0. The van der Waals surface area contributed by atoms with Crippen molar-refractivity contribution in [3.8, 4) is 11.8 Å². The summed E-state index contributed by atoms with van der Waals surface area (Å²) in [6.07, 6.45) is 6.52. The third-order valence-corrected chi connectivity index (χ3v) is 4.28. The Labute approximate surface area is 106 Å². The van der Waals surface area contributed by atoms with E-state index in [0.717, 1.165) is 12.6 Å². The predicted molar refractivity (Wildman–Crippen MR) is 72.9 cm³/mol. The Balaban J connectivity index is 2.02. The Bertz CT molecular complexity index is 281. The zero-order chi connectivity index (χ0) is 12.1. The van der Waals surface area contributed by atoms with E-state index in [1.54, 1.807) is 0 Å². The van der Waals surface area contributed by atoms with Crippen LogP contribution in [0.15, 0.2) is 0 Å². The minimum atomic E-state index is 0.573. The van der Waals surface area contributed by atoms with E-state index < -0.39 is 0 Å². The number of nitrogens with zero attached hydrogens (tertiary/aromatic N) is 1. The van der Waals surface area contributed by atoms with Crippen molar-refractivity contribution < 1.29 is 0 Å². The van der Waals surface area contributed by atoms with Gasteiger partial charge < -0.3 is 5.32 Å². The molecule has 3 aliphatic heterocycles. The van der Waals surface area contributed by atoms with Crippen LogP contribution in [0.25, 0.3) is 0 Å². The Kier molecular flexibility index (Phi) is 4.88. The van der Waals surface area contributed by atoms with E-state index in [4.69, 9.17) is 0 Å². The van der Waals surface area contributed by atoms with Crippen LogP contribution in [0.2, 0.25) is 0 Å². The lowest BCUT2D eigenvalue weighted by Crippen LogP contribution is -2.44. The molecule has 3 aliphatic rings. The highest BCUT2D eigenvalue weighted by molar-refractivity contribution is 5.07. The SMILES string of the molecule is CC#CC(CCCC)C1CNC2CCN1CC2. The summed E-state index contributed by atoms with van der Waals surface area (Å²) in [5.74, 6) is 7.19. The van der Waals surface area contributed by atoms with Crippen molar-refractivity contribution in [3.05, 3.63) is 0 Å². The normalized spacial score (nSPS) is 33.6. The first kappa shape index (κ1) is 12.9. The van der Waals surface area contributed by atoms with Gasteiger partial charge in [-0.1, -0.05) is 25.7 Å². The minimum absolute atomic E-state index is 0.573. The van der Waals surface area contributed by atoms with E-state index in [-0.39, 0.29) is 0 Å². The van der Waals surface area contributed by atoms with Gasteiger partial charge in [0.2, 0.25) is 0 Å². The summed E-state index contributed by atoms with van der Waals surface area (Å²) in [6.45, 7) is 7.95. The molecule has 0 radical (unpaired) electrons. The fourth-order valence-electron chi connectivity index (χ4n) is 3.22. The molecule has 2 unspecified atom stereocenters. The molecule has 1 N–H and O–H groups in total. The Morgan fingerprint density at radius 1 is 1.35 bits per heavy atom. The number of rotatable bonds is 4. The van der Waals surface area contributed by atoms with Crippen molar-refractivity contribution in [2.24, 2.45) is 5.92 Å². The van der Waals surface area contributed by atoms with Crippen molar-refractivity contribution in [2.75, 3.05) is 19.6 Å². The highest BCUT2D eigenvalue weighted by Gasteiger charge is 2.33. The molecule has 0 saturated carbocycles. The molecule has 0 spiro atoms. The van der Waals surface area contributed by atoms with Gasteiger partial charge in [0.15, 0.2) is 0 Å². The van der Waals surface area contributed by atoms with Gasteiger partial charge in [0.25, 0.3) is 0 Å². The van der Waals surface area contributed by atoms with Crippen molar-refractivity contribution in [1.29, 1.82) is 0 Å². The molecule has 2 heteroatoms. The van der Waals surface area contributed by atoms with Gasteiger partial charge in [0.1, 0.15) is 0 Å². The Morgan fingerprint density at radius 3 is 2.76 bits per heavy atom. The molecule has 0 aromatic carbocycles. The lowest BCUT2D eigenvalue weighted by atomic mass is 9.92. The van der Waals surface area contributed by atoms with Gasteiger partial charge in [-0.05, 0) is 26.2 Å². The van der Waals surface area contributed by atoms with Crippen LogP contribution < -0.4 is 5.32 Å². The van der Waals surface area contributed by atoms with E-state index in [1.807, 2.05) is 6.92 Å². The number of nitrogens with one attached hydrogen (secondary N) is 1. The third-order valence-electron chi connectivity index (χ3n) is 4.28. The van der Waals surface area contributed by atoms with Crippen LogP contribution >= 0.6 is 0 Å². The summed E-state index contributed by atoms with van der Waals surface area (Å²) in [5.41, 5.74) is 0. The predicted octanol–water partition coefficient (Wildman–Crippen LogP) is 2.25. The van der Waals surface area contributed by atoms with Crippen molar-refractivity contribution in [1.82, 2.24) is 10.2 Å². The van der Waals surface area contributed by atoms with Crippen molar-refractivity contribution in [2.45, 2.75) is 58.0 Å². The Morgan fingerprint density at radius 2 is 2.12 bits per heavy atom. The van der Waals surface area contributed by atoms with Gasteiger partial charge in [-0.2, -0.15) is 0 Å². The topological polar surface area (TPSA) is 15.3 Å². The van der Waals surface area contributed by atoms with Gasteiger partial charge in [-0.3, -0.25) is 4.90 Å². The van der Waals surface area contributed by atoms with E-state index in [1.165, 1.54) is 45.2 Å². The summed E-state index contributed by atoms with van der Waals surface area (Å²) >= 11 is 0. The zero-order valence-electron chi connectivity index (χ0n) is 11.3. The van der Waals surface area contributed by atoms with Crippen LogP contribution in [-0.4, -0.2) is 36.6 Å². The highest BCUT2D eigenvalue weighted by Crippen LogP contribution is 2.24. The highest BCUT2D eigenvalue weighted by atomic mass is 15.2. The first-order chi connectivity index (χ1) is 8.35. The molecule has 3 heterocycles. The molecule has 96 valence electrons. The van der Waals surface area contributed by atoms with Crippen LogP contribution in [0.4, 0.5) is 0 Å². The van der Waals surface area contributed by atoms with Gasteiger partial charge in [-0.15, -0.1) is 5.92 Å². The lowest BCUT2D eigenvalue weighted by Gasteiger charge is -2.34. The molecule has 3 rings (SSSR count). The van der Waals surface area contributed by atoms with Gasteiger partial charge in [-0.25, -0.2) is 0 Å². The smallest absolute Gasteiger partial charge is 0.0370 e. The molecule has 2 atom stereocenters. The van der Waals surface area contributed by atoms with E-state index in [0.29, 0.717) is 12.0 Å². The number of hydrogen-bond acceptors (Lipinski definition) is 2. The lowest BCUT2D eigenvalue weighted by molar-refractivity contribution is 0.155. The maximum absolute atomic E-state index is 3.73. The summed E-state index contributed by atoms with van der Waals surface area (Å²) in [4.78, 5) is 2.68. The van der Waals surface area contributed by atoms with Gasteiger partial charge in [0, 0.05) is 37.6 Å². The van der Waals surface area contributed by atoms with Crippen LogP contribution in [0.1, 0.15) is 46.0 Å². The molecule has 2 bridgehead atoms. The van der Waals surface area contributed by atoms with Crippen molar-refractivity contribution in [3.63, 3.8) is 0 Å². The summed E-state index contributed by atoms with van der Waals surface area (Å²) in [7, 11) is 0. The Hall–Kier alpha value is -0.520. The average Bonchev–Trinajstić information content (AvgIpc) is 2.68. The summed E-state index contributed by atoms with van der Waals surface area (Å²) in [5, 5.41) is 3.73. The first-order valence-electron chi connectivity index (χ1n) is 7.24. The second-order valence-electron chi connectivity index (χ2n) is 5.43. The first-order valence-corrected chi connectivity index (χ1v) is 7.24. The van der Waals surface area contributed by atoms with Crippen LogP contribution in [0.5, 0.6) is 0 Å². The summed E-state index contributed by atoms with van der Waals surface area (Å²) in [6, 6.07) is 1.43. The molecule has 2 nitrogen and oxygen atoms in total. The molecule has 0 amide bonds. The second-order valence-corrected chi connectivity index (χ2v) is 5.43. The van der Waals surface area contributed by atoms with Crippen LogP contribution in [-0.2, 0) is 0 Å². The third kappa shape index (κ3) is 3.24. The molecule has 0 aliphatic carbocycles. The van der Waals surface area contributed by atoms with E-state index >= 15 is 0 Å². The molecular formula is C15H26N2. The maximum atomic E-state index is 3.73. The molecule has 3 saturated heterocycles. The van der Waals surface area contributed by atoms with E-state index in [9.17, 15) is 0 Å². The standard InChI is InChI=1S/C15H26N2/c1-3-5-7-13(6-4-2)15-12-16-14-8-10-17(15)11-9-14/h13-16H,3,5,7-12H2,1-2H3. The number of hydrogen-bond donors (Lipinski definition) is 1. The minimum Gasteiger partial charge on any atom is -0.312 e. The van der Waals surface area contributed by atoms with Crippen LogP contribution in [0.3, 0.4) is 0 Å². The quantitative estimate of drug-likeness (QED) is 0.751. The fraction of sp³-hybridized carbons (Fsp3) is 0.867. The largest absolute Gasteiger partial charge is 0.312 e. The molecular weight excluding hydrogens is 208 g/mol. The number of piperidine rings is 1. The van der Waals surface area contributed by atoms with Crippen molar-refractivity contribution >= 4 is 0 Å². The van der Waals surface area contributed by atoms with Gasteiger partial charge >= 0.3 is 0 Å². The van der Waals surface area contributed by atoms with E-state index in [2.05, 4.69) is 29.0 Å². The zero-order valence-corrected chi connectivity index (χ0v) is 11.3.